The molecule has 0 saturated carbocycles. The number of alkyl halides is 3. The second kappa shape index (κ2) is 7.94. The summed E-state index contributed by atoms with van der Waals surface area (Å²) in [5, 5.41) is 0. The zero-order valence-corrected chi connectivity index (χ0v) is 17.5. The van der Waals surface area contributed by atoms with Crippen molar-refractivity contribution in [2.24, 2.45) is 0 Å². The molecule has 0 fully saturated rings. The lowest BCUT2D eigenvalue weighted by Gasteiger charge is -2.17. The number of ether oxygens (including phenoxy) is 1. The quantitative estimate of drug-likeness (QED) is 0.397. The first-order valence-corrected chi connectivity index (χ1v) is 10.8. The third-order valence-corrected chi connectivity index (χ3v) is 6.40. The predicted molar refractivity (Wildman–Crippen MR) is 117 cm³/mol. The molecule has 4 aromatic rings. The summed E-state index contributed by atoms with van der Waals surface area (Å²) in [7, 11) is 0. The first-order valence-electron chi connectivity index (χ1n) is 10.00. The fraction of sp³-hybridized carbons (Fsp3) is 0.167. The summed E-state index contributed by atoms with van der Waals surface area (Å²) in [5.41, 5.74) is 2.30. The smallest absolute Gasteiger partial charge is 0.433 e. The lowest BCUT2D eigenvalue weighted by molar-refractivity contribution is -0.140. The van der Waals surface area contributed by atoms with E-state index in [4.69, 9.17) is 4.74 Å². The summed E-state index contributed by atoms with van der Waals surface area (Å²) in [4.78, 5) is 15.8. The van der Waals surface area contributed by atoms with Crippen LogP contribution in [0.15, 0.2) is 71.7 Å². The minimum Gasteiger partial charge on any atom is -0.486 e. The molecule has 0 bridgehead atoms. The third kappa shape index (κ3) is 3.82. The molecule has 0 saturated heterocycles. The highest BCUT2D eigenvalue weighted by molar-refractivity contribution is 7.09. The Morgan fingerprint density at radius 3 is 2.53 bits per heavy atom. The summed E-state index contributed by atoms with van der Waals surface area (Å²) in [5.74, 6) is 0.664. The van der Waals surface area contributed by atoms with Crippen LogP contribution in [0.5, 0.6) is 5.75 Å². The number of fused-ring (bicyclic) bond motifs is 1. The number of nitrogens with zero attached hydrogens (tertiary/aromatic N) is 1. The second-order valence-electron chi connectivity index (χ2n) is 7.52. The highest BCUT2D eigenvalue weighted by atomic mass is 32.1. The van der Waals surface area contributed by atoms with Crippen molar-refractivity contribution in [1.29, 1.82) is 0 Å². The van der Waals surface area contributed by atoms with Crippen molar-refractivity contribution in [1.82, 2.24) is 9.36 Å². The molecule has 0 amide bonds. The molecule has 1 aliphatic carbocycles. The molecule has 2 aromatic heterocycles. The van der Waals surface area contributed by atoms with Crippen LogP contribution in [-0.4, -0.2) is 9.36 Å². The summed E-state index contributed by atoms with van der Waals surface area (Å²) in [6, 6.07) is 17.4. The number of benzene rings is 2. The molecule has 8 heteroatoms. The first kappa shape index (κ1) is 20.5. The van der Waals surface area contributed by atoms with Gasteiger partial charge in [0, 0.05) is 17.8 Å². The van der Waals surface area contributed by atoms with Crippen LogP contribution in [0.25, 0.3) is 21.6 Å². The summed E-state index contributed by atoms with van der Waals surface area (Å²) in [6.45, 7) is 0. The van der Waals surface area contributed by atoms with Crippen molar-refractivity contribution in [2.45, 2.75) is 25.1 Å². The van der Waals surface area contributed by atoms with E-state index in [1.807, 2.05) is 30.3 Å². The van der Waals surface area contributed by atoms with E-state index in [9.17, 15) is 18.0 Å². The van der Waals surface area contributed by atoms with Crippen molar-refractivity contribution < 1.29 is 17.9 Å². The van der Waals surface area contributed by atoms with E-state index in [1.54, 1.807) is 18.2 Å². The molecule has 4 nitrogen and oxygen atoms in total. The number of halogens is 3. The van der Waals surface area contributed by atoms with Gasteiger partial charge in [0.05, 0.1) is 4.88 Å². The topological polar surface area (TPSA) is 55.0 Å². The van der Waals surface area contributed by atoms with Gasteiger partial charge in [0.15, 0.2) is 5.69 Å². The van der Waals surface area contributed by atoms with Crippen LogP contribution in [0.3, 0.4) is 0 Å². The maximum absolute atomic E-state index is 13.5. The number of pyridine rings is 1. The third-order valence-electron chi connectivity index (χ3n) is 5.52. The van der Waals surface area contributed by atoms with Crippen LogP contribution in [0.1, 0.15) is 29.3 Å². The van der Waals surface area contributed by atoms with Crippen molar-refractivity contribution in [3.63, 3.8) is 0 Å². The molecule has 1 aliphatic rings. The fourth-order valence-electron chi connectivity index (χ4n) is 4.13. The van der Waals surface area contributed by atoms with Gasteiger partial charge in [-0.1, -0.05) is 35.8 Å². The van der Waals surface area contributed by atoms with Crippen LogP contribution in [-0.2, 0) is 12.6 Å². The van der Waals surface area contributed by atoms with Crippen LogP contribution >= 0.6 is 11.5 Å². The van der Waals surface area contributed by atoms with Crippen molar-refractivity contribution >= 4 is 11.5 Å². The highest BCUT2D eigenvalue weighted by Crippen LogP contribution is 2.43. The number of hydrogen-bond acceptors (Lipinski definition) is 4. The Bertz CT molecular complexity index is 1330. The van der Waals surface area contributed by atoms with Crippen LogP contribution in [0, 0.1) is 0 Å². The molecule has 0 spiro atoms. The average Bonchev–Trinajstić information content (AvgIpc) is 3.40. The Morgan fingerprint density at radius 2 is 1.81 bits per heavy atom. The zero-order chi connectivity index (χ0) is 22.3. The molecule has 32 heavy (non-hydrogen) atoms. The highest BCUT2D eigenvalue weighted by Gasteiger charge is 2.37. The lowest BCUT2D eigenvalue weighted by atomic mass is 9.95. The van der Waals surface area contributed by atoms with Gasteiger partial charge in [0.25, 0.3) is 5.56 Å². The zero-order valence-electron chi connectivity index (χ0n) is 16.6. The van der Waals surface area contributed by atoms with Gasteiger partial charge < -0.3 is 4.74 Å². The molecule has 1 N–H and O–H groups in total. The van der Waals surface area contributed by atoms with E-state index in [2.05, 4.69) is 9.36 Å². The number of nitrogens with one attached hydrogen (secondary N) is 1. The van der Waals surface area contributed by atoms with E-state index in [0.29, 0.717) is 24.2 Å². The molecule has 5 rings (SSSR count). The molecular formula is C24H17F3N2O2S. The molecule has 0 aliphatic heterocycles. The van der Waals surface area contributed by atoms with Gasteiger partial charge in [-0.3, -0.25) is 14.2 Å². The van der Waals surface area contributed by atoms with Gasteiger partial charge in [-0.05, 0) is 65.4 Å². The Hall–Kier alpha value is -3.39. The number of rotatable bonds is 4. The van der Waals surface area contributed by atoms with E-state index in [0.717, 1.165) is 27.8 Å². The van der Waals surface area contributed by atoms with Crippen molar-refractivity contribution in [3.8, 4) is 27.3 Å². The Labute approximate surface area is 185 Å². The number of H-pyrrole nitrogens is 1. The maximum atomic E-state index is 13.5. The first-order chi connectivity index (χ1) is 15.4. The van der Waals surface area contributed by atoms with Gasteiger partial charge in [0.2, 0.25) is 0 Å². The molecular weight excluding hydrogens is 437 g/mol. The largest absolute Gasteiger partial charge is 0.486 e. The minimum absolute atomic E-state index is 0.0901. The van der Waals surface area contributed by atoms with Gasteiger partial charge in [-0.15, -0.1) is 0 Å². The minimum atomic E-state index is -4.53. The molecule has 0 radical (unpaired) electrons. The van der Waals surface area contributed by atoms with Gasteiger partial charge in [0.1, 0.15) is 11.9 Å². The van der Waals surface area contributed by atoms with Crippen molar-refractivity contribution in [3.05, 3.63) is 94.0 Å². The summed E-state index contributed by atoms with van der Waals surface area (Å²) >= 11 is 1.27. The van der Waals surface area contributed by atoms with Gasteiger partial charge in [-0.2, -0.15) is 13.2 Å². The molecule has 0 unspecified atom stereocenters. The Balaban J connectivity index is 1.43. The van der Waals surface area contributed by atoms with Crippen LogP contribution in [0.2, 0.25) is 0 Å². The summed E-state index contributed by atoms with van der Waals surface area (Å²) in [6.07, 6.45) is -2.31. The van der Waals surface area contributed by atoms with Gasteiger partial charge in [-0.25, -0.2) is 0 Å². The van der Waals surface area contributed by atoms with E-state index < -0.39 is 11.9 Å². The van der Waals surface area contributed by atoms with Crippen LogP contribution in [0.4, 0.5) is 13.2 Å². The molecule has 2 aromatic carbocycles. The van der Waals surface area contributed by atoms with Crippen LogP contribution < -0.4 is 10.3 Å². The SMILES string of the molecule is O=c1cc(-c2ccc(O[C@@H]3CCc4c(-c5cccnc5C(F)(F)F)cccc43)cc2)s[nH]1. The maximum Gasteiger partial charge on any atom is 0.433 e. The van der Waals surface area contributed by atoms with Gasteiger partial charge >= 0.3 is 6.18 Å². The Kier molecular flexibility index (Phi) is 5.09. The fourth-order valence-corrected chi connectivity index (χ4v) is 4.82. The van der Waals surface area contributed by atoms with Crippen molar-refractivity contribution in [2.75, 3.05) is 0 Å². The number of aromatic nitrogens is 2. The molecule has 2 heterocycles. The van der Waals surface area contributed by atoms with E-state index >= 15 is 0 Å². The predicted octanol–water partition coefficient (Wildman–Crippen LogP) is 6.25. The number of hydrogen-bond donors (Lipinski definition) is 1. The average molecular weight is 454 g/mol. The van der Waals surface area contributed by atoms with E-state index in [1.165, 1.54) is 23.7 Å². The van der Waals surface area contributed by atoms with E-state index in [-0.39, 0.29) is 17.2 Å². The molecule has 162 valence electrons. The lowest BCUT2D eigenvalue weighted by Crippen LogP contribution is -2.10. The summed E-state index contributed by atoms with van der Waals surface area (Å²) < 4.78 is 49.3. The number of aromatic amines is 1. The Morgan fingerprint density at radius 1 is 1.03 bits per heavy atom. The monoisotopic (exact) mass is 454 g/mol. The molecule has 1 atom stereocenters. The normalized spacial score (nSPS) is 15.5. The second-order valence-corrected chi connectivity index (χ2v) is 8.37. The standard InChI is InChI=1S/C24H17F3N2O2S/c25-24(26,27)23-19(5-2-12-28-23)16-3-1-4-18-17(16)10-11-20(18)31-15-8-6-14(7-9-15)21-13-22(30)29-32-21/h1-9,12-13,20H,10-11H2,(H,29,30)/t20-/m1/s1.